The highest BCUT2D eigenvalue weighted by molar-refractivity contribution is 14.0. The van der Waals surface area contributed by atoms with Crippen molar-refractivity contribution < 1.29 is 9.18 Å². The fourth-order valence-electron chi connectivity index (χ4n) is 2.74. The zero-order chi connectivity index (χ0) is 21.1. The lowest BCUT2D eigenvalue weighted by Crippen LogP contribution is -2.38. The van der Waals surface area contributed by atoms with Crippen molar-refractivity contribution >= 4 is 35.8 Å². The number of amides is 1. The predicted molar refractivity (Wildman–Crippen MR) is 131 cm³/mol. The largest absolute Gasteiger partial charge is 0.356 e. The standard InChI is InChI=1S/C22H30FN5O.HI/c1-24-22(26-11-10-17-6-5-9-20(23)15-17)27-16-18-7-4-8-19(14-18)21(29)25-12-13-28(2)3;/h4-9,14-15H,10-13,16H2,1-3H3,(H,25,29)(H2,24,26,27);1H. The van der Waals surface area contributed by atoms with Crippen LogP contribution in [0.4, 0.5) is 4.39 Å². The van der Waals surface area contributed by atoms with Gasteiger partial charge in [0, 0.05) is 38.8 Å². The average Bonchev–Trinajstić information content (AvgIpc) is 2.70. The molecule has 0 spiro atoms. The molecule has 3 N–H and O–H groups in total. The van der Waals surface area contributed by atoms with Gasteiger partial charge in [-0.05, 0) is 55.9 Å². The molecule has 164 valence electrons. The van der Waals surface area contributed by atoms with Crippen LogP contribution in [0.1, 0.15) is 21.5 Å². The van der Waals surface area contributed by atoms with Crippen LogP contribution in [0.5, 0.6) is 0 Å². The van der Waals surface area contributed by atoms with E-state index in [-0.39, 0.29) is 35.7 Å². The zero-order valence-electron chi connectivity index (χ0n) is 17.7. The molecular weight excluding hydrogens is 496 g/mol. The number of carbonyl (C=O) groups excluding carboxylic acids is 1. The van der Waals surface area contributed by atoms with E-state index in [1.165, 1.54) is 12.1 Å². The van der Waals surface area contributed by atoms with Crippen LogP contribution in [-0.4, -0.2) is 57.5 Å². The molecule has 0 bridgehead atoms. The molecule has 0 aliphatic carbocycles. The first-order chi connectivity index (χ1) is 14.0. The third-order valence-corrected chi connectivity index (χ3v) is 4.31. The highest BCUT2D eigenvalue weighted by Crippen LogP contribution is 2.06. The van der Waals surface area contributed by atoms with Crippen LogP contribution in [-0.2, 0) is 13.0 Å². The van der Waals surface area contributed by atoms with Gasteiger partial charge in [0.15, 0.2) is 5.96 Å². The summed E-state index contributed by atoms with van der Waals surface area (Å²) in [5.41, 5.74) is 2.55. The van der Waals surface area contributed by atoms with Crippen molar-refractivity contribution in [3.05, 3.63) is 71.0 Å². The summed E-state index contributed by atoms with van der Waals surface area (Å²) in [5, 5.41) is 9.37. The van der Waals surface area contributed by atoms with Gasteiger partial charge in [-0.15, -0.1) is 24.0 Å². The van der Waals surface area contributed by atoms with Crippen molar-refractivity contribution in [2.75, 3.05) is 40.8 Å². The van der Waals surface area contributed by atoms with Gasteiger partial charge < -0.3 is 20.9 Å². The smallest absolute Gasteiger partial charge is 0.251 e. The van der Waals surface area contributed by atoms with Gasteiger partial charge in [0.05, 0.1) is 0 Å². The van der Waals surface area contributed by atoms with Crippen molar-refractivity contribution in [1.82, 2.24) is 20.9 Å². The molecule has 2 rings (SSSR count). The number of hydrogen-bond donors (Lipinski definition) is 3. The van der Waals surface area contributed by atoms with E-state index in [9.17, 15) is 9.18 Å². The Morgan fingerprint density at radius 3 is 2.43 bits per heavy atom. The summed E-state index contributed by atoms with van der Waals surface area (Å²) in [7, 11) is 5.64. The molecule has 0 fully saturated rings. The highest BCUT2D eigenvalue weighted by Gasteiger charge is 2.06. The molecular formula is C22H31FIN5O. The number of halogens is 2. The number of rotatable bonds is 9. The van der Waals surface area contributed by atoms with E-state index in [0.29, 0.717) is 37.6 Å². The maximum Gasteiger partial charge on any atom is 0.251 e. The molecule has 0 heterocycles. The van der Waals surface area contributed by atoms with Gasteiger partial charge in [-0.2, -0.15) is 0 Å². The molecule has 0 radical (unpaired) electrons. The topological polar surface area (TPSA) is 68.8 Å². The summed E-state index contributed by atoms with van der Waals surface area (Å²) in [5.74, 6) is 0.351. The van der Waals surface area contributed by atoms with Crippen LogP contribution >= 0.6 is 24.0 Å². The Morgan fingerprint density at radius 1 is 1.00 bits per heavy atom. The van der Waals surface area contributed by atoms with E-state index < -0.39 is 0 Å². The Balaban J connectivity index is 0.00000450. The molecule has 2 aromatic carbocycles. The molecule has 8 heteroatoms. The molecule has 0 atom stereocenters. The Labute approximate surface area is 195 Å². The normalized spacial score (nSPS) is 11.0. The lowest BCUT2D eigenvalue weighted by molar-refractivity contribution is 0.0951. The Hall–Kier alpha value is -2.20. The number of likely N-dealkylation sites (N-methyl/N-ethyl adjacent to an activating group) is 1. The summed E-state index contributed by atoms with van der Waals surface area (Å²) >= 11 is 0. The van der Waals surface area contributed by atoms with E-state index in [0.717, 1.165) is 17.7 Å². The summed E-state index contributed by atoms with van der Waals surface area (Å²) in [6.45, 7) is 2.58. The minimum atomic E-state index is -0.226. The maximum absolute atomic E-state index is 13.2. The van der Waals surface area contributed by atoms with E-state index in [2.05, 4.69) is 20.9 Å². The Bertz CT molecular complexity index is 829. The quantitative estimate of drug-likeness (QED) is 0.267. The van der Waals surface area contributed by atoms with Crippen molar-refractivity contribution in [3.63, 3.8) is 0 Å². The summed E-state index contributed by atoms with van der Waals surface area (Å²) in [6, 6.07) is 14.1. The number of hydrogen-bond acceptors (Lipinski definition) is 3. The van der Waals surface area contributed by atoms with Gasteiger partial charge in [0.2, 0.25) is 0 Å². The summed E-state index contributed by atoms with van der Waals surface area (Å²) in [4.78, 5) is 18.5. The lowest BCUT2D eigenvalue weighted by Gasteiger charge is -2.13. The summed E-state index contributed by atoms with van der Waals surface area (Å²) in [6.07, 6.45) is 0.696. The van der Waals surface area contributed by atoms with E-state index in [4.69, 9.17) is 0 Å². The number of nitrogens with one attached hydrogen (secondary N) is 3. The van der Waals surface area contributed by atoms with Gasteiger partial charge in [-0.3, -0.25) is 9.79 Å². The number of guanidine groups is 1. The molecule has 0 saturated carbocycles. The minimum absolute atomic E-state index is 0. The van der Waals surface area contributed by atoms with Crippen LogP contribution in [0, 0.1) is 5.82 Å². The number of aliphatic imine (C=N–C) groups is 1. The van der Waals surface area contributed by atoms with E-state index in [1.54, 1.807) is 19.2 Å². The van der Waals surface area contributed by atoms with Crippen LogP contribution in [0.25, 0.3) is 0 Å². The fourth-order valence-corrected chi connectivity index (χ4v) is 2.74. The van der Waals surface area contributed by atoms with Gasteiger partial charge >= 0.3 is 0 Å². The number of carbonyl (C=O) groups is 1. The molecule has 1 amide bonds. The number of nitrogens with zero attached hydrogens (tertiary/aromatic N) is 2. The first-order valence-corrected chi connectivity index (χ1v) is 9.69. The number of benzene rings is 2. The van der Waals surface area contributed by atoms with Crippen molar-refractivity contribution in [1.29, 1.82) is 0 Å². The van der Waals surface area contributed by atoms with Crippen LogP contribution in [0.2, 0.25) is 0 Å². The highest BCUT2D eigenvalue weighted by atomic mass is 127. The second-order valence-corrected chi connectivity index (χ2v) is 6.99. The average molecular weight is 527 g/mol. The van der Waals surface area contributed by atoms with Gasteiger partial charge in [-0.25, -0.2) is 4.39 Å². The fraction of sp³-hybridized carbons (Fsp3) is 0.364. The molecule has 0 aliphatic heterocycles. The minimum Gasteiger partial charge on any atom is -0.356 e. The van der Waals surface area contributed by atoms with Gasteiger partial charge in [0.1, 0.15) is 5.82 Å². The Morgan fingerprint density at radius 2 is 1.73 bits per heavy atom. The first kappa shape index (κ1) is 25.8. The maximum atomic E-state index is 13.2. The molecule has 0 unspecified atom stereocenters. The van der Waals surface area contributed by atoms with Crippen molar-refractivity contribution in [2.24, 2.45) is 4.99 Å². The van der Waals surface area contributed by atoms with Gasteiger partial charge in [-0.1, -0.05) is 24.3 Å². The first-order valence-electron chi connectivity index (χ1n) is 9.69. The molecule has 6 nitrogen and oxygen atoms in total. The third-order valence-electron chi connectivity index (χ3n) is 4.31. The second-order valence-electron chi connectivity index (χ2n) is 6.99. The molecule has 0 aliphatic rings. The Kier molecular flexibility index (Phi) is 12.0. The van der Waals surface area contributed by atoms with E-state index >= 15 is 0 Å². The predicted octanol–water partition coefficient (Wildman–Crippen LogP) is 2.64. The van der Waals surface area contributed by atoms with Gasteiger partial charge in [0.25, 0.3) is 5.91 Å². The SMILES string of the molecule is CN=C(NCCc1cccc(F)c1)NCc1cccc(C(=O)NCCN(C)C)c1.I. The van der Waals surface area contributed by atoms with Crippen molar-refractivity contribution in [2.45, 2.75) is 13.0 Å². The monoisotopic (exact) mass is 527 g/mol. The lowest BCUT2D eigenvalue weighted by atomic mass is 10.1. The summed E-state index contributed by atoms with van der Waals surface area (Å²) < 4.78 is 13.2. The third kappa shape index (κ3) is 9.53. The van der Waals surface area contributed by atoms with Crippen LogP contribution in [0.15, 0.2) is 53.5 Å². The molecule has 0 aromatic heterocycles. The molecule has 2 aromatic rings. The van der Waals surface area contributed by atoms with Crippen LogP contribution in [0.3, 0.4) is 0 Å². The zero-order valence-corrected chi connectivity index (χ0v) is 20.1. The second kappa shape index (κ2) is 13.9. The van der Waals surface area contributed by atoms with Crippen LogP contribution < -0.4 is 16.0 Å². The van der Waals surface area contributed by atoms with Crippen molar-refractivity contribution in [3.8, 4) is 0 Å². The molecule has 0 saturated heterocycles. The molecule has 30 heavy (non-hydrogen) atoms. The van der Waals surface area contributed by atoms with E-state index in [1.807, 2.05) is 43.3 Å².